The van der Waals surface area contributed by atoms with Gasteiger partial charge < -0.3 is 4.74 Å². The van der Waals surface area contributed by atoms with E-state index in [1.165, 1.54) is 23.0 Å². The average molecular weight is 395 g/mol. The fourth-order valence-corrected chi connectivity index (χ4v) is 2.86. The normalized spacial score (nSPS) is 11.0. The van der Waals surface area contributed by atoms with Crippen molar-refractivity contribution >= 4 is 0 Å². The average Bonchev–Trinajstić information content (AvgIpc) is 3.19. The summed E-state index contributed by atoms with van der Waals surface area (Å²) >= 11 is 0. The van der Waals surface area contributed by atoms with Crippen LogP contribution >= 0.6 is 0 Å². The molecule has 0 bridgehead atoms. The lowest BCUT2D eigenvalue weighted by Crippen LogP contribution is -2.23. The number of benzene rings is 1. The van der Waals surface area contributed by atoms with Gasteiger partial charge in [0.25, 0.3) is 5.56 Å². The van der Waals surface area contributed by atoms with Crippen molar-refractivity contribution in [3.8, 4) is 28.3 Å². The van der Waals surface area contributed by atoms with Crippen molar-refractivity contribution in [3.05, 3.63) is 83.0 Å². The number of halogens is 2. The van der Waals surface area contributed by atoms with Crippen LogP contribution in [0.15, 0.2) is 71.8 Å². The first-order valence-corrected chi connectivity index (χ1v) is 8.67. The molecule has 0 aliphatic carbocycles. The maximum atomic E-state index is 12.3. The van der Waals surface area contributed by atoms with Crippen molar-refractivity contribution in [1.82, 2.24) is 25.0 Å². The SMILES string of the molecule is O=c1ccc(-c2ccc(OC(F)F)nc2)nn1Cc1[nH]ncc1-c1ccccc1. The van der Waals surface area contributed by atoms with E-state index in [1.54, 1.807) is 18.3 Å². The number of rotatable bonds is 6. The molecule has 4 rings (SSSR count). The molecule has 29 heavy (non-hydrogen) atoms. The predicted octanol–water partition coefficient (Wildman–Crippen LogP) is 3.35. The molecule has 146 valence electrons. The van der Waals surface area contributed by atoms with E-state index in [-0.39, 0.29) is 18.0 Å². The zero-order valence-corrected chi connectivity index (χ0v) is 15.0. The number of nitrogens with zero attached hydrogens (tertiary/aromatic N) is 4. The molecule has 4 aromatic rings. The quantitative estimate of drug-likeness (QED) is 0.541. The summed E-state index contributed by atoms with van der Waals surface area (Å²) in [5.74, 6) is -0.193. The van der Waals surface area contributed by atoms with Crippen LogP contribution in [0.25, 0.3) is 22.4 Å². The summed E-state index contributed by atoms with van der Waals surface area (Å²) in [6.45, 7) is -2.75. The van der Waals surface area contributed by atoms with Crippen molar-refractivity contribution in [2.24, 2.45) is 0 Å². The first-order valence-electron chi connectivity index (χ1n) is 8.67. The maximum Gasteiger partial charge on any atom is 0.388 e. The standard InChI is InChI=1S/C20H15F2N5O2/c21-20(22)29-18-8-6-14(10-23-18)16-7-9-19(28)27(26-16)12-17-15(11-24-25-17)13-4-2-1-3-5-13/h1-11,20H,12H2,(H,24,25). The Morgan fingerprint density at radius 1 is 1.00 bits per heavy atom. The van der Waals surface area contributed by atoms with E-state index in [2.05, 4.69) is 25.0 Å². The van der Waals surface area contributed by atoms with E-state index in [4.69, 9.17) is 0 Å². The van der Waals surface area contributed by atoms with Crippen LogP contribution in [0, 0.1) is 0 Å². The molecule has 0 saturated carbocycles. The van der Waals surface area contributed by atoms with Crippen molar-refractivity contribution in [3.63, 3.8) is 0 Å². The van der Waals surface area contributed by atoms with Crippen LogP contribution < -0.4 is 10.3 Å². The number of pyridine rings is 1. The highest BCUT2D eigenvalue weighted by Crippen LogP contribution is 2.22. The summed E-state index contributed by atoms with van der Waals surface area (Å²) in [5, 5.41) is 11.4. The maximum absolute atomic E-state index is 12.3. The van der Waals surface area contributed by atoms with Gasteiger partial charge in [0, 0.05) is 29.5 Å². The summed E-state index contributed by atoms with van der Waals surface area (Å²) < 4.78 is 30.1. The van der Waals surface area contributed by atoms with Gasteiger partial charge in [0.1, 0.15) is 0 Å². The molecule has 0 unspecified atom stereocenters. The molecule has 0 atom stereocenters. The van der Waals surface area contributed by atoms with Crippen LogP contribution in [0.4, 0.5) is 8.78 Å². The van der Waals surface area contributed by atoms with Crippen LogP contribution in [-0.2, 0) is 6.54 Å². The second-order valence-corrected chi connectivity index (χ2v) is 6.11. The summed E-state index contributed by atoms with van der Waals surface area (Å²) in [7, 11) is 0. The number of nitrogens with one attached hydrogen (secondary N) is 1. The third-order valence-corrected chi connectivity index (χ3v) is 4.22. The van der Waals surface area contributed by atoms with Crippen LogP contribution in [0.3, 0.4) is 0 Å². The van der Waals surface area contributed by atoms with E-state index in [9.17, 15) is 13.6 Å². The van der Waals surface area contributed by atoms with Crippen molar-refractivity contribution in [1.29, 1.82) is 0 Å². The summed E-state index contributed by atoms with van der Waals surface area (Å²) in [4.78, 5) is 16.1. The second-order valence-electron chi connectivity index (χ2n) is 6.11. The lowest BCUT2D eigenvalue weighted by atomic mass is 10.1. The lowest BCUT2D eigenvalue weighted by molar-refractivity contribution is -0.0528. The molecule has 1 aromatic carbocycles. The van der Waals surface area contributed by atoms with Crippen LogP contribution in [-0.4, -0.2) is 31.6 Å². The van der Waals surface area contributed by atoms with Gasteiger partial charge >= 0.3 is 6.61 Å². The van der Waals surface area contributed by atoms with Crippen molar-refractivity contribution in [2.75, 3.05) is 0 Å². The van der Waals surface area contributed by atoms with Gasteiger partial charge in [-0.3, -0.25) is 9.89 Å². The van der Waals surface area contributed by atoms with Gasteiger partial charge in [0.05, 0.1) is 24.1 Å². The zero-order valence-electron chi connectivity index (χ0n) is 15.0. The third kappa shape index (κ3) is 4.18. The van der Waals surface area contributed by atoms with Crippen LogP contribution in [0.2, 0.25) is 0 Å². The van der Waals surface area contributed by atoms with E-state index < -0.39 is 6.61 Å². The van der Waals surface area contributed by atoms with Crippen molar-refractivity contribution < 1.29 is 13.5 Å². The first-order chi connectivity index (χ1) is 14.1. The molecule has 0 radical (unpaired) electrons. The van der Waals surface area contributed by atoms with Gasteiger partial charge in [0.2, 0.25) is 5.88 Å². The lowest BCUT2D eigenvalue weighted by Gasteiger charge is -2.08. The van der Waals surface area contributed by atoms with E-state index in [1.807, 2.05) is 30.3 Å². The fourth-order valence-electron chi connectivity index (χ4n) is 2.86. The largest absolute Gasteiger partial charge is 0.417 e. The molecule has 0 saturated heterocycles. The van der Waals surface area contributed by atoms with Crippen molar-refractivity contribution in [2.45, 2.75) is 13.2 Å². The Morgan fingerprint density at radius 3 is 2.55 bits per heavy atom. The second kappa shape index (κ2) is 8.01. The van der Waals surface area contributed by atoms with Gasteiger partial charge in [-0.05, 0) is 17.7 Å². The molecule has 0 aliphatic rings. The molecule has 3 heterocycles. The number of ether oxygens (including phenoxy) is 1. The number of aromatic amines is 1. The minimum atomic E-state index is -2.94. The Kier molecular flexibility index (Phi) is 5.10. The van der Waals surface area contributed by atoms with Gasteiger partial charge in [-0.25, -0.2) is 9.67 Å². The minimum absolute atomic E-state index is 0.191. The van der Waals surface area contributed by atoms with Gasteiger partial charge in [-0.2, -0.15) is 19.0 Å². The number of hydrogen-bond donors (Lipinski definition) is 1. The summed E-state index contributed by atoms with van der Waals surface area (Å²) in [6, 6.07) is 15.5. The number of alkyl halides is 2. The van der Waals surface area contributed by atoms with Crippen LogP contribution in [0.1, 0.15) is 5.69 Å². The molecule has 0 aliphatic heterocycles. The molecule has 1 N–H and O–H groups in total. The highest BCUT2D eigenvalue weighted by molar-refractivity contribution is 5.65. The fraction of sp³-hybridized carbons (Fsp3) is 0.100. The minimum Gasteiger partial charge on any atom is -0.417 e. The Bertz CT molecular complexity index is 1160. The molecule has 7 nitrogen and oxygen atoms in total. The first kappa shape index (κ1) is 18.5. The van der Waals surface area contributed by atoms with Crippen LogP contribution in [0.5, 0.6) is 5.88 Å². The molecule has 0 amide bonds. The Morgan fingerprint density at radius 2 is 1.83 bits per heavy atom. The Hall–Kier alpha value is -3.88. The van der Waals surface area contributed by atoms with Gasteiger partial charge in [0.15, 0.2) is 0 Å². The Labute approximate surface area is 163 Å². The molecular formula is C20H15F2N5O2. The summed E-state index contributed by atoms with van der Waals surface area (Å²) in [5.41, 5.74) is 3.34. The van der Waals surface area contributed by atoms with E-state index in [0.29, 0.717) is 11.3 Å². The summed E-state index contributed by atoms with van der Waals surface area (Å²) in [6.07, 6.45) is 3.06. The molecule has 0 fully saturated rings. The predicted molar refractivity (Wildman–Crippen MR) is 101 cm³/mol. The molecule has 3 aromatic heterocycles. The van der Waals surface area contributed by atoms with Gasteiger partial charge in [-0.15, -0.1) is 0 Å². The number of aromatic nitrogens is 5. The van der Waals surface area contributed by atoms with Gasteiger partial charge in [-0.1, -0.05) is 30.3 Å². The zero-order chi connectivity index (χ0) is 20.2. The number of hydrogen-bond acceptors (Lipinski definition) is 5. The smallest absolute Gasteiger partial charge is 0.388 e. The van der Waals surface area contributed by atoms with E-state index in [0.717, 1.165) is 16.8 Å². The molecular weight excluding hydrogens is 380 g/mol. The molecule has 9 heteroatoms. The monoisotopic (exact) mass is 395 g/mol. The Balaban J connectivity index is 1.62. The third-order valence-electron chi connectivity index (χ3n) is 4.22. The highest BCUT2D eigenvalue weighted by Gasteiger charge is 2.11. The topological polar surface area (TPSA) is 85.7 Å². The van der Waals surface area contributed by atoms with E-state index >= 15 is 0 Å². The number of H-pyrrole nitrogens is 1. The molecule has 0 spiro atoms. The highest BCUT2D eigenvalue weighted by atomic mass is 19.3.